The van der Waals surface area contributed by atoms with Crippen molar-refractivity contribution in [1.82, 2.24) is 19.7 Å². The van der Waals surface area contributed by atoms with E-state index >= 15 is 0 Å². The predicted molar refractivity (Wildman–Crippen MR) is 162 cm³/mol. The summed E-state index contributed by atoms with van der Waals surface area (Å²) >= 11 is 3.66. The Kier molecular flexibility index (Phi) is 8.40. The van der Waals surface area contributed by atoms with E-state index < -0.39 is 0 Å². The molecule has 2 aromatic heterocycles. The van der Waals surface area contributed by atoms with Crippen molar-refractivity contribution in [1.29, 1.82) is 0 Å². The van der Waals surface area contributed by atoms with Crippen LogP contribution in [0.3, 0.4) is 0 Å². The topological polar surface area (TPSA) is 108 Å². The van der Waals surface area contributed by atoms with E-state index in [-0.39, 0.29) is 6.10 Å². The average Bonchev–Trinajstić information content (AvgIpc) is 3.65. The Morgan fingerprint density at radius 3 is 2.59 bits per heavy atom. The van der Waals surface area contributed by atoms with Gasteiger partial charge in [-0.1, -0.05) is 12.1 Å². The van der Waals surface area contributed by atoms with E-state index in [0.29, 0.717) is 40.9 Å². The van der Waals surface area contributed by atoms with E-state index in [1.807, 2.05) is 41.1 Å². The highest BCUT2D eigenvalue weighted by Crippen LogP contribution is 2.34. The molecule has 12 heteroatoms. The van der Waals surface area contributed by atoms with Crippen molar-refractivity contribution in [2.45, 2.75) is 25.5 Å². The molecule has 2 aromatic carbocycles. The molecule has 1 atom stereocenters. The number of aromatic nitrogens is 4. The Bertz CT molecular complexity index is 1490. The highest BCUT2D eigenvalue weighted by Gasteiger charge is 2.22. The van der Waals surface area contributed by atoms with Crippen molar-refractivity contribution in [2.75, 3.05) is 69.2 Å². The smallest absolute Gasteiger partial charge is 0.231 e. The summed E-state index contributed by atoms with van der Waals surface area (Å²) in [6.45, 7) is 5.12. The van der Waals surface area contributed by atoms with Crippen LogP contribution in [0.25, 0.3) is 11.0 Å². The number of hydrogen-bond acceptors (Lipinski definition) is 10. The van der Waals surface area contributed by atoms with Gasteiger partial charge in [-0.15, -0.1) is 0 Å². The standard InChI is InChI=1S/C29H34BrN7O4/c1-38-21-8-5-19(6-9-21)18-37-28-25(26(30)35-37)27(31-17-22-4-3-13-41-22)33-29(34-28)32-23-10-7-20(16-24(23)39-2)36-11-14-40-15-12-36/h5-10,16,22H,3-4,11-15,17-18H2,1-2H3,(H2,31,32,33,34). The molecule has 4 heterocycles. The van der Waals surface area contributed by atoms with Crippen molar-refractivity contribution < 1.29 is 18.9 Å². The van der Waals surface area contributed by atoms with Gasteiger partial charge in [0.1, 0.15) is 21.9 Å². The number of nitrogens with one attached hydrogen (secondary N) is 2. The molecule has 41 heavy (non-hydrogen) atoms. The summed E-state index contributed by atoms with van der Waals surface area (Å²) < 4.78 is 25.0. The molecule has 0 amide bonds. The van der Waals surface area contributed by atoms with Crippen LogP contribution in [0, 0.1) is 0 Å². The molecule has 2 aliphatic heterocycles. The number of methoxy groups -OCH3 is 2. The molecule has 0 bridgehead atoms. The SMILES string of the molecule is COc1ccc(Cn2nc(Br)c3c(NCC4CCCO4)nc(Nc4ccc(N5CCOCC5)cc4OC)nc32)cc1. The molecular weight excluding hydrogens is 590 g/mol. The number of morpholine rings is 1. The summed E-state index contributed by atoms with van der Waals surface area (Å²) in [6.07, 6.45) is 2.25. The second-order valence-electron chi connectivity index (χ2n) is 10.0. The van der Waals surface area contributed by atoms with E-state index in [0.717, 1.165) is 73.8 Å². The van der Waals surface area contributed by atoms with Crippen LogP contribution in [0.4, 0.5) is 23.1 Å². The molecule has 0 spiro atoms. The van der Waals surface area contributed by atoms with Crippen LogP contribution in [0.2, 0.25) is 0 Å². The van der Waals surface area contributed by atoms with Gasteiger partial charge in [-0.05, 0) is 58.6 Å². The lowest BCUT2D eigenvalue weighted by molar-refractivity contribution is 0.120. The first-order valence-corrected chi connectivity index (χ1v) is 14.6. The lowest BCUT2D eigenvalue weighted by atomic mass is 10.2. The van der Waals surface area contributed by atoms with Crippen LogP contribution < -0.4 is 25.0 Å². The number of halogens is 1. The van der Waals surface area contributed by atoms with Gasteiger partial charge >= 0.3 is 0 Å². The molecule has 11 nitrogen and oxygen atoms in total. The first kappa shape index (κ1) is 27.6. The maximum absolute atomic E-state index is 5.84. The molecule has 4 aromatic rings. The number of nitrogens with zero attached hydrogens (tertiary/aromatic N) is 5. The van der Waals surface area contributed by atoms with Gasteiger partial charge < -0.3 is 34.5 Å². The molecule has 6 rings (SSSR count). The molecule has 2 saturated heterocycles. The van der Waals surface area contributed by atoms with Crippen LogP contribution in [0.5, 0.6) is 11.5 Å². The van der Waals surface area contributed by atoms with Crippen LogP contribution in [0.15, 0.2) is 47.1 Å². The monoisotopic (exact) mass is 623 g/mol. The Morgan fingerprint density at radius 2 is 1.85 bits per heavy atom. The van der Waals surface area contributed by atoms with Crippen LogP contribution >= 0.6 is 15.9 Å². The summed E-state index contributed by atoms with van der Waals surface area (Å²) in [5.74, 6) is 2.64. The summed E-state index contributed by atoms with van der Waals surface area (Å²) in [6, 6.07) is 14.1. The zero-order valence-corrected chi connectivity index (χ0v) is 24.8. The third kappa shape index (κ3) is 6.19. The number of benzene rings is 2. The maximum atomic E-state index is 5.84. The van der Waals surface area contributed by atoms with Gasteiger partial charge in [-0.3, -0.25) is 0 Å². The molecule has 2 aliphatic rings. The van der Waals surface area contributed by atoms with Crippen molar-refractivity contribution in [3.05, 3.63) is 52.6 Å². The minimum atomic E-state index is 0.150. The fourth-order valence-corrected chi connectivity index (χ4v) is 5.72. The van der Waals surface area contributed by atoms with Gasteiger partial charge in [0.05, 0.1) is 51.2 Å². The zero-order chi connectivity index (χ0) is 28.2. The summed E-state index contributed by atoms with van der Waals surface area (Å²) in [7, 11) is 3.33. The third-order valence-electron chi connectivity index (χ3n) is 7.37. The Balaban J connectivity index is 1.34. The Hall–Kier alpha value is -3.61. The molecule has 0 radical (unpaired) electrons. The van der Waals surface area contributed by atoms with E-state index in [2.05, 4.69) is 37.5 Å². The zero-order valence-electron chi connectivity index (χ0n) is 23.2. The molecule has 2 fully saturated rings. The number of anilines is 4. The first-order chi connectivity index (χ1) is 20.1. The van der Waals surface area contributed by atoms with E-state index in [9.17, 15) is 0 Å². The number of rotatable bonds is 10. The van der Waals surface area contributed by atoms with Crippen LogP contribution in [-0.4, -0.2) is 79.5 Å². The third-order valence-corrected chi connectivity index (χ3v) is 7.92. The summed E-state index contributed by atoms with van der Waals surface area (Å²) in [5, 5.41) is 12.5. The molecule has 0 aliphatic carbocycles. The van der Waals surface area contributed by atoms with E-state index in [1.54, 1.807) is 14.2 Å². The molecule has 2 N–H and O–H groups in total. The number of fused-ring (bicyclic) bond motifs is 1. The van der Waals surface area contributed by atoms with E-state index in [1.165, 1.54) is 0 Å². The lowest BCUT2D eigenvalue weighted by Gasteiger charge is -2.29. The highest BCUT2D eigenvalue weighted by molar-refractivity contribution is 9.10. The van der Waals surface area contributed by atoms with Gasteiger partial charge in [0.2, 0.25) is 5.95 Å². The quantitative estimate of drug-likeness (QED) is 0.255. The van der Waals surface area contributed by atoms with E-state index in [4.69, 9.17) is 34.0 Å². The minimum Gasteiger partial charge on any atom is -0.497 e. The van der Waals surface area contributed by atoms with Crippen LogP contribution in [0.1, 0.15) is 18.4 Å². The van der Waals surface area contributed by atoms with Crippen molar-refractivity contribution >= 4 is 50.1 Å². The predicted octanol–water partition coefficient (Wildman–Crippen LogP) is 4.83. The average molecular weight is 625 g/mol. The molecule has 0 saturated carbocycles. The lowest BCUT2D eigenvalue weighted by Crippen LogP contribution is -2.36. The largest absolute Gasteiger partial charge is 0.497 e. The number of hydrogen-bond donors (Lipinski definition) is 2. The molecule has 216 valence electrons. The van der Waals surface area contributed by atoms with Crippen molar-refractivity contribution in [2.24, 2.45) is 0 Å². The second kappa shape index (κ2) is 12.5. The van der Waals surface area contributed by atoms with Crippen molar-refractivity contribution in [3.8, 4) is 11.5 Å². The number of ether oxygens (including phenoxy) is 4. The van der Waals surface area contributed by atoms with Crippen LogP contribution in [-0.2, 0) is 16.0 Å². The summed E-state index contributed by atoms with van der Waals surface area (Å²) in [4.78, 5) is 12.1. The van der Waals surface area contributed by atoms with Gasteiger partial charge in [-0.25, -0.2) is 4.68 Å². The summed E-state index contributed by atoms with van der Waals surface area (Å²) in [5.41, 5.74) is 3.63. The fourth-order valence-electron chi connectivity index (χ4n) is 5.16. The van der Waals surface area contributed by atoms with Crippen molar-refractivity contribution in [3.63, 3.8) is 0 Å². The van der Waals surface area contributed by atoms with Gasteiger partial charge in [0.25, 0.3) is 0 Å². The maximum Gasteiger partial charge on any atom is 0.231 e. The first-order valence-electron chi connectivity index (χ1n) is 13.8. The van der Waals surface area contributed by atoms with Gasteiger partial charge in [0.15, 0.2) is 5.65 Å². The Labute approximate surface area is 247 Å². The second-order valence-corrected chi connectivity index (χ2v) is 10.8. The molecule has 1 unspecified atom stereocenters. The van der Waals surface area contributed by atoms with Gasteiger partial charge in [0, 0.05) is 38.0 Å². The minimum absolute atomic E-state index is 0.150. The normalized spacial score (nSPS) is 17.1. The Morgan fingerprint density at radius 1 is 1.02 bits per heavy atom. The molecular formula is C29H34BrN7O4. The van der Waals surface area contributed by atoms with Gasteiger partial charge in [-0.2, -0.15) is 15.1 Å². The fraction of sp³-hybridized carbons (Fsp3) is 0.414. The highest BCUT2D eigenvalue weighted by atomic mass is 79.9.